The molecular weight excluding hydrogens is 474 g/mol. The van der Waals surface area contributed by atoms with E-state index in [4.69, 9.17) is 9.47 Å². The minimum Gasteiger partial charge on any atom is -0.481 e. The summed E-state index contributed by atoms with van der Waals surface area (Å²) in [6.07, 6.45) is 6.64. The molecule has 0 N–H and O–H groups in total. The van der Waals surface area contributed by atoms with E-state index in [-0.39, 0.29) is 11.8 Å². The zero-order chi connectivity index (χ0) is 27.0. The Bertz CT molecular complexity index is 1260. The van der Waals surface area contributed by atoms with Crippen LogP contribution in [0.25, 0.3) is 11.1 Å². The maximum atomic E-state index is 13.5. The molecule has 198 valence electrons. The summed E-state index contributed by atoms with van der Waals surface area (Å²) in [6.45, 7) is 5.50. The first-order valence-corrected chi connectivity index (χ1v) is 13.4. The number of rotatable bonds is 11. The number of methoxy groups -OCH3 is 1. The number of carbonyl (C=O) groups is 1. The van der Waals surface area contributed by atoms with Crippen molar-refractivity contribution in [1.82, 2.24) is 4.98 Å². The van der Waals surface area contributed by atoms with Crippen molar-refractivity contribution < 1.29 is 14.3 Å². The van der Waals surface area contributed by atoms with Crippen LogP contribution in [0.4, 0.5) is 5.69 Å². The Morgan fingerprint density at radius 1 is 1.08 bits per heavy atom. The molecule has 1 amide bonds. The van der Waals surface area contributed by atoms with Crippen molar-refractivity contribution in [2.24, 2.45) is 5.92 Å². The third kappa shape index (κ3) is 6.79. The summed E-state index contributed by atoms with van der Waals surface area (Å²) in [6, 6.07) is 22.4. The molecule has 1 fully saturated rings. The number of hydrogen-bond acceptors (Lipinski definition) is 5. The van der Waals surface area contributed by atoms with Gasteiger partial charge in [-0.3, -0.25) is 4.79 Å². The number of nitriles is 1. The van der Waals surface area contributed by atoms with Gasteiger partial charge in [-0.15, -0.1) is 0 Å². The van der Waals surface area contributed by atoms with Crippen LogP contribution in [0.1, 0.15) is 57.1 Å². The Labute approximate surface area is 226 Å². The summed E-state index contributed by atoms with van der Waals surface area (Å²) >= 11 is 0. The Morgan fingerprint density at radius 3 is 2.53 bits per heavy atom. The van der Waals surface area contributed by atoms with Gasteiger partial charge in [-0.05, 0) is 73.6 Å². The molecule has 1 saturated carbocycles. The van der Waals surface area contributed by atoms with Crippen LogP contribution in [0.3, 0.4) is 0 Å². The Kier molecular flexibility index (Phi) is 9.15. The van der Waals surface area contributed by atoms with Gasteiger partial charge in [-0.25, -0.2) is 4.98 Å². The molecule has 0 radical (unpaired) electrons. The van der Waals surface area contributed by atoms with Crippen LogP contribution >= 0.6 is 0 Å². The van der Waals surface area contributed by atoms with E-state index in [1.807, 2.05) is 73.3 Å². The van der Waals surface area contributed by atoms with Crippen molar-refractivity contribution in [3.63, 3.8) is 0 Å². The van der Waals surface area contributed by atoms with Crippen molar-refractivity contribution in [3.8, 4) is 23.1 Å². The summed E-state index contributed by atoms with van der Waals surface area (Å²) in [4.78, 5) is 19.7. The molecule has 0 aliphatic heterocycles. The monoisotopic (exact) mass is 511 g/mol. The highest BCUT2D eigenvalue weighted by Crippen LogP contribution is 2.31. The summed E-state index contributed by atoms with van der Waals surface area (Å²) in [5, 5.41) is 9.34. The molecule has 0 unspecified atom stereocenters. The minimum absolute atomic E-state index is 0.0942. The van der Waals surface area contributed by atoms with E-state index in [2.05, 4.69) is 17.1 Å². The summed E-state index contributed by atoms with van der Waals surface area (Å²) < 4.78 is 11.2. The molecule has 1 aliphatic carbocycles. The Morgan fingerprint density at radius 2 is 1.82 bits per heavy atom. The molecule has 1 aliphatic rings. The average Bonchev–Trinajstić information content (AvgIpc) is 3.50. The normalized spacial score (nSPS) is 13.7. The number of amides is 1. The lowest BCUT2D eigenvalue weighted by molar-refractivity contribution is -0.122. The Hall–Kier alpha value is -3.69. The van der Waals surface area contributed by atoms with E-state index in [1.54, 1.807) is 13.3 Å². The second-order valence-corrected chi connectivity index (χ2v) is 10.4. The summed E-state index contributed by atoms with van der Waals surface area (Å²) in [5.74, 6) is 0.867. The smallest absolute Gasteiger partial charge is 0.230 e. The van der Waals surface area contributed by atoms with Crippen LogP contribution in [-0.2, 0) is 21.6 Å². The number of benzene rings is 2. The lowest BCUT2D eigenvalue weighted by atomic mass is 9.86. The topological polar surface area (TPSA) is 75.5 Å². The Balaban J connectivity index is 1.40. The van der Waals surface area contributed by atoms with Gasteiger partial charge in [0.05, 0.1) is 25.2 Å². The number of ether oxygens (including phenoxy) is 2. The second-order valence-electron chi connectivity index (χ2n) is 10.4. The van der Waals surface area contributed by atoms with Gasteiger partial charge < -0.3 is 14.4 Å². The molecule has 4 rings (SSSR count). The van der Waals surface area contributed by atoms with Crippen molar-refractivity contribution in [3.05, 3.63) is 78.0 Å². The summed E-state index contributed by atoms with van der Waals surface area (Å²) in [7, 11) is 1.61. The zero-order valence-corrected chi connectivity index (χ0v) is 22.7. The van der Waals surface area contributed by atoms with Gasteiger partial charge in [0.2, 0.25) is 11.8 Å². The molecule has 3 aromatic rings. The highest BCUT2D eigenvalue weighted by atomic mass is 16.5. The molecule has 1 heterocycles. The lowest BCUT2D eigenvalue weighted by Gasteiger charge is -2.26. The maximum Gasteiger partial charge on any atom is 0.230 e. The maximum absolute atomic E-state index is 13.5. The van der Waals surface area contributed by atoms with Crippen molar-refractivity contribution >= 4 is 11.6 Å². The molecule has 1 aromatic heterocycles. The van der Waals surface area contributed by atoms with E-state index >= 15 is 0 Å². The first kappa shape index (κ1) is 27.3. The molecule has 38 heavy (non-hydrogen) atoms. The van der Waals surface area contributed by atoms with Crippen molar-refractivity contribution in [1.29, 1.82) is 5.26 Å². The van der Waals surface area contributed by atoms with Crippen LogP contribution in [0.15, 0.2) is 66.9 Å². The highest BCUT2D eigenvalue weighted by molar-refractivity contribution is 5.95. The largest absolute Gasteiger partial charge is 0.481 e. The molecular formula is C32H37N3O3. The fraction of sp³-hybridized carbons (Fsp3) is 0.406. The third-order valence-electron chi connectivity index (χ3n) is 7.30. The van der Waals surface area contributed by atoms with Gasteiger partial charge >= 0.3 is 0 Å². The zero-order valence-electron chi connectivity index (χ0n) is 22.7. The number of anilines is 1. The van der Waals surface area contributed by atoms with Crippen molar-refractivity contribution in [2.45, 2.75) is 58.0 Å². The fourth-order valence-electron chi connectivity index (χ4n) is 4.91. The van der Waals surface area contributed by atoms with Crippen LogP contribution in [0.5, 0.6) is 5.88 Å². The van der Waals surface area contributed by atoms with Gasteiger partial charge in [0.25, 0.3) is 0 Å². The van der Waals surface area contributed by atoms with Crippen LogP contribution in [0.2, 0.25) is 0 Å². The van der Waals surface area contributed by atoms with Gasteiger partial charge in [0.15, 0.2) is 0 Å². The van der Waals surface area contributed by atoms with E-state index in [0.717, 1.165) is 60.0 Å². The van der Waals surface area contributed by atoms with Crippen LogP contribution in [0, 0.1) is 17.2 Å². The average molecular weight is 512 g/mol. The molecule has 6 heteroatoms. The number of aromatic nitrogens is 1. The standard InChI is InChI=1S/C32H37N3O3/c1-32(2,23-33)28-14-12-24(13-15-28)22-38-19-7-18-35(31(36)25-8-4-5-9-25)29-11-6-10-26(20-29)27-16-17-34-30(21-27)37-3/h6,10-17,20-21,25H,4-5,7-9,18-19,22H2,1-3H3. The van der Waals surface area contributed by atoms with Gasteiger partial charge in [-0.2, -0.15) is 5.26 Å². The fourth-order valence-corrected chi connectivity index (χ4v) is 4.91. The van der Waals surface area contributed by atoms with Crippen LogP contribution in [-0.4, -0.2) is 31.2 Å². The predicted molar refractivity (Wildman–Crippen MR) is 150 cm³/mol. The van der Waals surface area contributed by atoms with Crippen molar-refractivity contribution in [2.75, 3.05) is 25.2 Å². The molecule has 0 bridgehead atoms. The second kappa shape index (κ2) is 12.7. The van der Waals surface area contributed by atoms with Gasteiger partial charge in [0, 0.05) is 37.0 Å². The number of nitrogens with zero attached hydrogens (tertiary/aromatic N) is 3. The molecule has 0 saturated heterocycles. The van der Waals surface area contributed by atoms with Crippen LogP contribution < -0.4 is 9.64 Å². The van der Waals surface area contributed by atoms with E-state index in [1.165, 1.54) is 0 Å². The number of pyridine rings is 1. The van der Waals surface area contributed by atoms with Gasteiger partial charge in [-0.1, -0.05) is 49.2 Å². The molecule has 2 aromatic carbocycles. The highest BCUT2D eigenvalue weighted by Gasteiger charge is 2.28. The minimum atomic E-state index is -0.504. The first-order valence-electron chi connectivity index (χ1n) is 13.4. The quantitative estimate of drug-likeness (QED) is 0.268. The predicted octanol–water partition coefficient (Wildman–Crippen LogP) is 6.69. The number of hydrogen-bond donors (Lipinski definition) is 0. The van der Waals surface area contributed by atoms with E-state index in [9.17, 15) is 10.1 Å². The van der Waals surface area contributed by atoms with Gasteiger partial charge in [0.1, 0.15) is 0 Å². The molecule has 0 atom stereocenters. The van der Waals surface area contributed by atoms with E-state index in [0.29, 0.717) is 25.6 Å². The molecule has 0 spiro atoms. The third-order valence-corrected chi connectivity index (χ3v) is 7.30. The van der Waals surface area contributed by atoms with E-state index < -0.39 is 5.41 Å². The number of carbonyl (C=O) groups excluding carboxylic acids is 1. The summed E-state index contributed by atoms with van der Waals surface area (Å²) in [5.41, 5.74) is 4.49. The first-order chi connectivity index (χ1) is 18.4. The molecule has 6 nitrogen and oxygen atoms in total. The SMILES string of the molecule is COc1cc(-c2cccc(N(CCCOCc3ccc(C(C)(C)C#N)cc3)C(=O)C3CCCC3)c2)ccn1. The lowest BCUT2D eigenvalue weighted by Crippen LogP contribution is -2.36.